The van der Waals surface area contributed by atoms with Crippen molar-refractivity contribution in [1.82, 2.24) is 0 Å². The summed E-state index contributed by atoms with van der Waals surface area (Å²) in [4.78, 5) is 26.5. The number of ether oxygens (including phenoxy) is 3. The van der Waals surface area contributed by atoms with E-state index in [4.69, 9.17) is 14.2 Å². The second-order valence-electron chi connectivity index (χ2n) is 8.88. The topological polar surface area (TPSA) is 143 Å². The summed E-state index contributed by atoms with van der Waals surface area (Å²) in [7, 11) is 1.34. The zero-order chi connectivity index (χ0) is 25.2. The molecule has 1 aliphatic carbocycles. The van der Waals surface area contributed by atoms with Crippen molar-refractivity contribution in [1.29, 1.82) is 0 Å². The lowest BCUT2D eigenvalue weighted by molar-refractivity contribution is -0.273. The van der Waals surface area contributed by atoms with Gasteiger partial charge in [0, 0.05) is 18.2 Å². The van der Waals surface area contributed by atoms with Crippen molar-refractivity contribution < 1.29 is 44.2 Å². The Morgan fingerprint density at radius 1 is 0.943 bits per heavy atom. The first-order chi connectivity index (χ1) is 16.6. The summed E-state index contributed by atoms with van der Waals surface area (Å²) in [6.07, 6.45) is -5.42. The molecule has 3 aromatic rings. The van der Waals surface area contributed by atoms with E-state index in [1.165, 1.54) is 31.4 Å². The summed E-state index contributed by atoms with van der Waals surface area (Å²) in [5.41, 5.74) is 0.408. The van der Waals surface area contributed by atoms with Crippen LogP contribution in [0.1, 0.15) is 44.3 Å². The van der Waals surface area contributed by atoms with Gasteiger partial charge in [0.2, 0.25) is 12.1 Å². The summed E-state index contributed by atoms with van der Waals surface area (Å²) < 4.78 is 17.1. The molecule has 0 radical (unpaired) electrons. The van der Waals surface area contributed by atoms with Crippen molar-refractivity contribution in [3.05, 3.63) is 64.2 Å². The Labute approximate surface area is 200 Å². The van der Waals surface area contributed by atoms with Crippen LogP contribution < -0.4 is 4.74 Å². The third kappa shape index (κ3) is 3.47. The maximum atomic E-state index is 13.3. The van der Waals surface area contributed by atoms with Crippen LogP contribution in [-0.4, -0.2) is 69.8 Å². The summed E-state index contributed by atoms with van der Waals surface area (Å²) in [6, 6.07) is 9.09. The molecule has 9 nitrogen and oxygen atoms in total. The highest BCUT2D eigenvalue weighted by molar-refractivity contribution is 6.32. The van der Waals surface area contributed by atoms with E-state index >= 15 is 0 Å². The smallest absolute Gasteiger partial charge is 0.229 e. The minimum absolute atomic E-state index is 0.0190. The van der Waals surface area contributed by atoms with E-state index in [0.717, 1.165) is 5.56 Å². The van der Waals surface area contributed by atoms with E-state index in [1.807, 2.05) is 0 Å². The van der Waals surface area contributed by atoms with Crippen LogP contribution in [0.5, 0.6) is 17.2 Å². The highest BCUT2D eigenvalue weighted by Gasteiger charge is 2.45. The van der Waals surface area contributed by atoms with E-state index in [0.29, 0.717) is 5.39 Å². The fourth-order valence-electron chi connectivity index (χ4n) is 4.84. The number of hydrogen-bond acceptors (Lipinski definition) is 9. The van der Waals surface area contributed by atoms with Crippen LogP contribution in [0.2, 0.25) is 0 Å². The number of aromatic hydroxyl groups is 2. The Bertz CT molecular complexity index is 1380. The predicted molar refractivity (Wildman–Crippen MR) is 123 cm³/mol. The van der Waals surface area contributed by atoms with Crippen LogP contribution >= 0.6 is 0 Å². The Kier molecular flexibility index (Phi) is 5.52. The van der Waals surface area contributed by atoms with Gasteiger partial charge in [0.15, 0.2) is 5.78 Å². The number of carbonyl (C=O) groups is 2. The second-order valence-corrected chi connectivity index (χ2v) is 8.88. The number of benzene rings is 3. The number of ketones is 2. The molecule has 0 saturated carbocycles. The molecule has 9 heteroatoms. The Balaban J connectivity index is 1.68. The number of phenols is 2. The van der Waals surface area contributed by atoms with Crippen LogP contribution in [0.4, 0.5) is 0 Å². The van der Waals surface area contributed by atoms with Gasteiger partial charge in [0.25, 0.3) is 0 Å². The maximum Gasteiger partial charge on any atom is 0.229 e. The number of methoxy groups -OCH3 is 1. The summed E-state index contributed by atoms with van der Waals surface area (Å²) in [5, 5.41) is 42.7. The molecule has 1 heterocycles. The van der Waals surface area contributed by atoms with Gasteiger partial charge in [-0.05, 0) is 43.0 Å². The molecule has 1 fully saturated rings. The molecule has 182 valence electrons. The first-order valence-corrected chi connectivity index (χ1v) is 11.1. The van der Waals surface area contributed by atoms with Crippen LogP contribution in [-0.2, 0) is 9.47 Å². The van der Waals surface area contributed by atoms with Crippen LogP contribution in [0.25, 0.3) is 10.8 Å². The third-order valence-corrected chi connectivity index (χ3v) is 6.61. The third-order valence-electron chi connectivity index (χ3n) is 6.61. The van der Waals surface area contributed by atoms with Gasteiger partial charge in [-0.3, -0.25) is 9.59 Å². The maximum absolute atomic E-state index is 13.3. The number of carbonyl (C=O) groups excluding carboxylic acids is 2. The molecule has 5 rings (SSSR count). The molecule has 0 spiro atoms. The number of hydrogen-bond donors (Lipinski definition) is 4. The van der Waals surface area contributed by atoms with Crippen molar-refractivity contribution in [2.24, 2.45) is 0 Å². The standard InChI is InChI=1S/C26H24O9/c1-10-7-12-9-14-19(23(31)18-13(21(14)29)5-4-6-15(18)27)22(30)17(12)16(8-10)35-26-25(33-3)24(32)20(28)11(2)34-26/h4-9,11,20,24-28,30,32H,1-3H3/t11-,20-,24+,25+,26-/m0/s1. The summed E-state index contributed by atoms with van der Waals surface area (Å²) in [6.45, 7) is 3.37. The molecule has 0 unspecified atom stereocenters. The Hall–Kier alpha value is -3.50. The lowest BCUT2D eigenvalue weighted by atomic mass is 9.81. The monoisotopic (exact) mass is 480 g/mol. The predicted octanol–water partition coefficient (Wildman–Crippen LogP) is 2.20. The van der Waals surface area contributed by atoms with Crippen LogP contribution in [0, 0.1) is 6.92 Å². The van der Waals surface area contributed by atoms with E-state index in [9.17, 15) is 30.0 Å². The highest BCUT2D eigenvalue weighted by Crippen LogP contribution is 2.44. The van der Waals surface area contributed by atoms with Crippen LogP contribution in [0.3, 0.4) is 0 Å². The van der Waals surface area contributed by atoms with Crippen molar-refractivity contribution in [3.63, 3.8) is 0 Å². The average molecular weight is 480 g/mol. The van der Waals surface area contributed by atoms with Crippen LogP contribution in [0.15, 0.2) is 36.4 Å². The van der Waals surface area contributed by atoms with Crippen molar-refractivity contribution in [2.75, 3.05) is 7.11 Å². The molecular formula is C26H24O9. The molecule has 0 aromatic heterocycles. The lowest BCUT2D eigenvalue weighted by Crippen LogP contribution is -2.59. The SMILES string of the molecule is CO[C@H]1[C@H](Oc2cc(C)cc3cc4c(c(O)c23)C(=O)c2c(O)cccc2C4=O)O[C@@H](C)[C@H](O)[C@H]1O. The summed E-state index contributed by atoms with van der Waals surface area (Å²) in [5.74, 6) is -1.88. The molecule has 35 heavy (non-hydrogen) atoms. The molecule has 1 saturated heterocycles. The fourth-order valence-corrected chi connectivity index (χ4v) is 4.84. The van der Waals surface area contributed by atoms with Gasteiger partial charge in [-0.15, -0.1) is 0 Å². The van der Waals surface area contributed by atoms with Gasteiger partial charge >= 0.3 is 0 Å². The molecule has 0 bridgehead atoms. The molecule has 4 N–H and O–H groups in total. The zero-order valence-electron chi connectivity index (χ0n) is 19.2. The Morgan fingerprint density at radius 2 is 1.69 bits per heavy atom. The molecule has 3 aromatic carbocycles. The van der Waals surface area contributed by atoms with E-state index in [1.54, 1.807) is 26.0 Å². The first-order valence-electron chi connectivity index (χ1n) is 11.1. The van der Waals surface area contributed by atoms with Gasteiger partial charge in [-0.1, -0.05) is 18.2 Å². The largest absolute Gasteiger partial charge is 0.507 e. The zero-order valence-corrected chi connectivity index (χ0v) is 19.2. The fraction of sp³-hybridized carbons (Fsp3) is 0.308. The quantitative estimate of drug-likeness (QED) is 0.347. The molecule has 5 atom stereocenters. The molecular weight excluding hydrogens is 456 g/mol. The van der Waals surface area contributed by atoms with Gasteiger partial charge in [0.05, 0.1) is 22.6 Å². The highest BCUT2D eigenvalue weighted by atomic mass is 16.7. The number of aryl methyl sites for hydroxylation is 1. The van der Waals surface area contributed by atoms with Gasteiger partial charge in [-0.25, -0.2) is 0 Å². The van der Waals surface area contributed by atoms with Crippen molar-refractivity contribution >= 4 is 22.3 Å². The number of phenolic OH excluding ortho intramolecular Hbond substituents is 2. The van der Waals surface area contributed by atoms with Crippen molar-refractivity contribution in [2.45, 2.75) is 44.6 Å². The van der Waals surface area contributed by atoms with Crippen molar-refractivity contribution in [3.8, 4) is 17.2 Å². The number of aliphatic hydroxyl groups excluding tert-OH is 2. The number of fused-ring (bicyclic) bond motifs is 3. The average Bonchev–Trinajstić information content (AvgIpc) is 2.80. The summed E-state index contributed by atoms with van der Waals surface area (Å²) >= 11 is 0. The van der Waals surface area contributed by atoms with Gasteiger partial charge in [-0.2, -0.15) is 0 Å². The minimum atomic E-state index is -1.29. The van der Waals surface area contributed by atoms with Gasteiger partial charge < -0.3 is 34.6 Å². The number of aliphatic hydroxyl groups is 2. The molecule has 1 aliphatic heterocycles. The lowest BCUT2D eigenvalue weighted by Gasteiger charge is -2.40. The normalized spacial score (nSPS) is 25.9. The number of rotatable bonds is 3. The molecule has 2 aliphatic rings. The first kappa shape index (κ1) is 23.3. The Morgan fingerprint density at radius 3 is 2.40 bits per heavy atom. The van der Waals surface area contributed by atoms with E-state index < -0.39 is 48.0 Å². The second kappa shape index (κ2) is 8.31. The van der Waals surface area contributed by atoms with E-state index in [-0.39, 0.29) is 39.1 Å². The van der Waals surface area contributed by atoms with Gasteiger partial charge in [0.1, 0.15) is 35.6 Å². The molecule has 0 amide bonds. The minimum Gasteiger partial charge on any atom is -0.507 e. The van der Waals surface area contributed by atoms with E-state index in [2.05, 4.69) is 0 Å².